The van der Waals surface area contributed by atoms with Crippen LogP contribution in [0.1, 0.15) is 16.8 Å². The van der Waals surface area contributed by atoms with E-state index in [0.717, 1.165) is 0 Å². The number of nitrogens with one attached hydrogen (secondary N) is 1. The molecular formula is C14H13Cl2N3O3. The van der Waals surface area contributed by atoms with Gasteiger partial charge < -0.3 is 10.2 Å². The van der Waals surface area contributed by atoms with Gasteiger partial charge >= 0.3 is 6.03 Å². The van der Waals surface area contributed by atoms with E-state index in [0.29, 0.717) is 35.1 Å². The van der Waals surface area contributed by atoms with Gasteiger partial charge in [-0.05, 0) is 24.6 Å². The van der Waals surface area contributed by atoms with Gasteiger partial charge in [-0.25, -0.2) is 4.79 Å². The average Bonchev–Trinajstić information content (AvgIpc) is 3.08. The van der Waals surface area contributed by atoms with E-state index in [1.165, 1.54) is 11.0 Å². The van der Waals surface area contributed by atoms with Crippen molar-refractivity contribution in [2.75, 3.05) is 19.6 Å². The summed E-state index contributed by atoms with van der Waals surface area (Å²) >= 11 is 11.8. The second-order valence-corrected chi connectivity index (χ2v) is 6.06. The Kier molecular flexibility index (Phi) is 3.97. The smallest absolute Gasteiger partial charge is 0.324 e. The fourth-order valence-corrected chi connectivity index (χ4v) is 3.05. The number of benzene rings is 1. The van der Waals surface area contributed by atoms with Crippen LogP contribution in [0.15, 0.2) is 18.2 Å². The van der Waals surface area contributed by atoms with Crippen LogP contribution >= 0.6 is 23.2 Å². The number of amides is 4. The molecule has 0 bridgehead atoms. The number of rotatable bonds is 2. The van der Waals surface area contributed by atoms with Crippen LogP contribution < -0.4 is 5.32 Å². The number of carbonyl (C=O) groups excluding carboxylic acids is 3. The molecule has 0 spiro atoms. The molecule has 1 aromatic rings. The molecule has 2 fully saturated rings. The summed E-state index contributed by atoms with van der Waals surface area (Å²) in [5.41, 5.74) is 0.437. The van der Waals surface area contributed by atoms with Crippen LogP contribution in [0.5, 0.6) is 0 Å². The third-order valence-electron chi connectivity index (χ3n) is 3.86. The molecule has 8 heteroatoms. The van der Waals surface area contributed by atoms with Crippen molar-refractivity contribution in [2.24, 2.45) is 0 Å². The first-order valence-corrected chi connectivity index (χ1v) is 7.57. The Balaban J connectivity index is 1.72. The summed E-state index contributed by atoms with van der Waals surface area (Å²) in [4.78, 5) is 38.6. The normalized spacial score (nSPS) is 21.5. The standard InChI is InChI=1S/C14H13Cl2N3O3/c15-10-2-1-8(5-11(10)16)13(21)18-4-3-9(7-18)19-12(20)6-17-14(19)22/h1-2,5,9H,3-4,6-7H2,(H,17,22). The van der Waals surface area contributed by atoms with Crippen molar-refractivity contribution in [3.8, 4) is 0 Å². The highest BCUT2D eigenvalue weighted by Gasteiger charge is 2.39. The summed E-state index contributed by atoms with van der Waals surface area (Å²) in [7, 11) is 0. The largest absolute Gasteiger partial charge is 0.336 e. The maximum atomic E-state index is 12.5. The molecule has 2 aliphatic rings. The minimum Gasteiger partial charge on any atom is -0.336 e. The van der Waals surface area contributed by atoms with E-state index in [2.05, 4.69) is 5.32 Å². The van der Waals surface area contributed by atoms with Crippen LogP contribution in [-0.2, 0) is 4.79 Å². The summed E-state index contributed by atoms with van der Waals surface area (Å²) < 4.78 is 0. The van der Waals surface area contributed by atoms with Gasteiger partial charge in [0.25, 0.3) is 5.91 Å². The zero-order valence-electron chi connectivity index (χ0n) is 11.5. The average molecular weight is 342 g/mol. The number of nitrogens with zero attached hydrogens (tertiary/aromatic N) is 2. The maximum Gasteiger partial charge on any atom is 0.324 e. The molecule has 4 amide bonds. The van der Waals surface area contributed by atoms with Crippen LogP contribution in [-0.4, -0.2) is 53.3 Å². The lowest BCUT2D eigenvalue weighted by Crippen LogP contribution is -2.42. The quantitative estimate of drug-likeness (QED) is 0.833. The Morgan fingerprint density at radius 3 is 2.64 bits per heavy atom. The SMILES string of the molecule is O=C(c1ccc(Cl)c(Cl)c1)N1CCC(N2C(=O)CNC2=O)C1. The summed E-state index contributed by atoms with van der Waals surface area (Å²) in [6.45, 7) is 0.842. The molecule has 2 saturated heterocycles. The summed E-state index contributed by atoms with van der Waals surface area (Å²) in [6.07, 6.45) is 0.576. The lowest BCUT2D eigenvalue weighted by molar-refractivity contribution is -0.126. The van der Waals surface area contributed by atoms with Gasteiger partial charge in [-0.1, -0.05) is 23.2 Å². The van der Waals surface area contributed by atoms with Crippen LogP contribution in [0.3, 0.4) is 0 Å². The number of halogens is 2. The van der Waals surface area contributed by atoms with Crippen molar-refractivity contribution in [2.45, 2.75) is 12.5 Å². The summed E-state index contributed by atoms with van der Waals surface area (Å²) in [6, 6.07) is 4.04. The zero-order valence-corrected chi connectivity index (χ0v) is 13.0. The van der Waals surface area contributed by atoms with Crippen molar-refractivity contribution in [3.05, 3.63) is 33.8 Å². The number of carbonyl (C=O) groups is 3. The molecule has 1 atom stereocenters. The highest BCUT2D eigenvalue weighted by molar-refractivity contribution is 6.42. The topological polar surface area (TPSA) is 69.7 Å². The third kappa shape index (κ3) is 2.64. The van der Waals surface area contributed by atoms with Crippen LogP contribution in [0, 0.1) is 0 Å². The molecule has 0 aliphatic carbocycles. The molecule has 22 heavy (non-hydrogen) atoms. The Morgan fingerprint density at radius 1 is 1.23 bits per heavy atom. The number of hydrogen-bond acceptors (Lipinski definition) is 3. The van der Waals surface area contributed by atoms with E-state index >= 15 is 0 Å². The van der Waals surface area contributed by atoms with Gasteiger partial charge in [0.2, 0.25) is 5.91 Å². The fraction of sp³-hybridized carbons (Fsp3) is 0.357. The lowest BCUT2D eigenvalue weighted by atomic mass is 10.2. The summed E-state index contributed by atoms with van der Waals surface area (Å²) in [5, 5.41) is 3.19. The number of urea groups is 1. The monoisotopic (exact) mass is 341 g/mol. The van der Waals surface area contributed by atoms with Crippen molar-refractivity contribution in [1.82, 2.24) is 15.1 Å². The Hall–Kier alpha value is -1.79. The molecule has 1 aromatic carbocycles. The van der Waals surface area contributed by atoms with E-state index in [4.69, 9.17) is 23.2 Å². The van der Waals surface area contributed by atoms with E-state index in [-0.39, 0.29) is 30.4 Å². The maximum absolute atomic E-state index is 12.5. The third-order valence-corrected chi connectivity index (χ3v) is 4.60. The second-order valence-electron chi connectivity index (χ2n) is 5.25. The fourth-order valence-electron chi connectivity index (χ4n) is 2.75. The van der Waals surface area contributed by atoms with Crippen molar-refractivity contribution in [1.29, 1.82) is 0 Å². The Morgan fingerprint density at radius 2 is 2.00 bits per heavy atom. The van der Waals surface area contributed by atoms with Crippen molar-refractivity contribution in [3.63, 3.8) is 0 Å². The lowest BCUT2D eigenvalue weighted by Gasteiger charge is -2.21. The number of likely N-dealkylation sites (tertiary alicyclic amines) is 1. The molecule has 6 nitrogen and oxygen atoms in total. The molecular weight excluding hydrogens is 329 g/mol. The van der Waals surface area contributed by atoms with Crippen molar-refractivity contribution < 1.29 is 14.4 Å². The van der Waals surface area contributed by atoms with Gasteiger partial charge in [0, 0.05) is 18.7 Å². The molecule has 2 aliphatic heterocycles. The number of hydrogen-bond donors (Lipinski definition) is 1. The van der Waals surface area contributed by atoms with E-state index in [1.54, 1.807) is 17.0 Å². The highest BCUT2D eigenvalue weighted by Crippen LogP contribution is 2.25. The van der Waals surface area contributed by atoms with Gasteiger partial charge in [-0.3, -0.25) is 14.5 Å². The summed E-state index contributed by atoms with van der Waals surface area (Å²) in [5.74, 6) is -0.438. The van der Waals surface area contributed by atoms with Crippen LogP contribution in [0.25, 0.3) is 0 Å². The first kappa shape index (κ1) is 15.1. The van der Waals surface area contributed by atoms with E-state index in [1.807, 2.05) is 0 Å². The van der Waals surface area contributed by atoms with Gasteiger partial charge in [-0.2, -0.15) is 0 Å². The first-order valence-electron chi connectivity index (χ1n) is 6.81. The van der Waals surface area contributed by atoms with E-state index in [9.17, 15) is 14.4 Å². The Labute approximate surface area is 136 Å². The van der Waals surface area contributed by atoms with Crippen molar-refractivity contribution >= 4 is 41.0 Å². The predicted molar refractivity (Wildman–Crippen MR) is 81.0 cm³/mol. The minimum absolute atomic E-state index is 0.0239. The zero-order chi connectivity index (χ0) is 15.9. The van der Waals surface area contributed by atoms with Crippen LogP contribution in [0.4, 0.5) is 4.79 Å². The Bertz CT molecular complexity index is 649. The van der Waals surface area contributed by atoms with Gasteiger partial charge in [0.1, 0.15) is 0 Å². The minimum atomic E-state index is -0.390. The van der Waals surface area contributed by atoms with Gasteiger partial charge in [0.05, 0.1) is 22.6 Å². The molecule has 0 saturated carbocycles. The molecule has 1 N–H and O–H groups in total. The van der Waals surface area contributed by atoms with Gasteiger partial charge in [-0.15, -0.1) is 0 Å². The predicted octanol–water partition coefficient (Wildman–Crippen LogP) is 1.76. The number of imide groups is 1. The molecule has 2 heterocycles. The second kappa shape index (κ2) is 5.78. The first-order chi connectivity index (χ1) is 10.5. The molecule has 0 aromatic heterocycles. The highest BCUT2D eigenvalue weighted by atomic mass is 35.5. The molecule has 1 unspecified atom stereocenters. The van der Waals surface area contributed by atoms with E-state index < -0.39 is 0 Å². The van der Waals surface area contributed by atoms with Gasteiger partial charge in [0.15, 0.2) is 0 Å². The van der Waals surface area contributed by atoms with Crippen LogP contribution in [0.2, 0.25) is 10.0 Å². The molecule has 116 valence electrons. The molecule has 0 radical (unpaired) electrons. The molecule has 3 rings (SSSR count).